The summed E-state index contributed by atoms with van der Waals surface area (Å²) in [5, 5.41) is 0. The number of carbonyl (C=O) groups is 2. The molecule has 0 radical (unpaired) electrons. The number of phosphoric acid groups is 1. The first-order chi connectivity index (χ1) is 8.65. The van der Waals surface area contributed by atoms with Gasteiger partial charge in [0, 0.05) is 0 Å². The number of rotatable bonds is 8. The van der Waals surface area contributed by atoms with Crippen molar-refractivity contribution in [3.63, 3.8) is 0 Å². The zero-order valence-corrected chi connectivity index (χ0v) is 12.2. The lowest BCUT2D eigenvalue weighted by molar-refractivity contribution is -0.157. The molecule has 1 N–H and O–H groups in total. The standard InChI is InChI=1S/C10H19O8P/c1-7(2)9(11)15-5-17-19(13,14)18-6-16-10(12)8(3)4/h7-8H,5-6H2,1-4H3,(H,13,14). The SMILES string of the molecule is CC(C)C(=O)OCOP(=O)(O)OCOC(=O)C(C)C. The van der Waals surface area contributed by atoms with Crippen LogP contribution in [0.15, 0.2) is 0 Å². The van der Waals surface area contributed by atoms with Crippen LogP contribution in [0.25, 0.3) is 0 Å². The van der Waals surface area contributed by atoms with Gasteiger partial charge in [-0.3, -0.25) is 9.59 Å². The van der Waals surface area contributed by atoms with Crippen molar-refractivity contribution in [3.8, 4) is 0 Å². The van der Waals surface area contributed by atoms with Crippen LogP contribution in [0.3, 0.4) is 0 Å². The summed E-state index contributed by atoms with van der Waals surface area (Å²) in [4.78, 5) is 31.2. The minimum atomic E-state index is -4.42. The Hall–Kier alpha value is -0.950. The fourth-order valence-corrected chi connectivity index (χ4v) is 1.12. The van der Waals surface area contributed by atoms with Gasteiger partial charge in [-0.15, -0.1) is 0 Å². The lowest BCUT2D eigenvalue weighted by atomic mass is 10.2. The quantitative estimate of drug-likeness (QED) is 0.407. The second-order valence-corrected chi connectivity index (χ2v) is 5.65. The van der Waals surface area contributed by atoms with Gasteiger partial charge in [0.25, 0.3) is 0 Å². The number of phosphoric ester groups is 1. The van der Waals surface area contributed by atoms with E-state index >= 15 is 0 Å². The van der Waals surface area contributed by atoms with Gasteiger partial charge in [0.15, 0.2) is 0 Å². The largest absolute Gasteiger partial charge is 0.478 e. The zero-order chi connectivity index (χ0) is 15.1. The monoisotopic (exact) mass is 298 g/mol. The van der Waals surface area contributed by atoms with E-state index in [4.69, 9.17) is 4.89 Å². The van der Waals surface area contributed by atoms with E-state index in [2.05, 4.69) is 18.5 Å². The highest BCUT2D eigenvalue weighted by atomic mass is 31.2. The molecule has 0 saturated carbocycles. The summed E-state index contributed by atoms with van der Waals surface area (Å²) in [5.41, 5.74) is 0. The third kappa shape index (κ3) is 8.72. The van der Waals surface area contributed by atoms with Gasteiger partial charge in [-0.2, -0.15) is 0 Å². The minimum absolute atomic E-state index is 0.380. The second kappa shape index (κ2) is 8.27. The fourth-order valence-electron chi connectivity index (χ4n) is 0.673. The Labute approximate surface area is 111 Å². The molecule has 0 aromatic carbocycles. The van der Waals surface area contributed by atoms with Gasteiger partial charge in [0.1, 0.15) is 0 Å². The molecule has 9 heteroatoms. The maximum absolute atomic E-state index is 11.2. The highest BCUT2D eigenvalue weighted by molar-refractivity contribution is 7.47. The predicted octanol–water partition coefficient (Wildman–Crippen LogP) is 1.43. The topological polar surface area (TPSA) is 108 Å². The predicted molar refractivity (Wildman–Crippen MR) is 63.6 cm³/mol. The van der Waals surface area contributed by atoms with Gasteiger partial charge in [-0.05, 0) is 0 Å². The Morgan fingerprint density at radius 2 is 1.26 bits per heavy atom. The van der Waals surface area contributed by atoms with E-state index in [1.165, 1.54) is 0 Å². The molecule has 8 nitrogen and oxygen atoms in total. The Bertz CT molecular complexity index is 321. The molecule has 0 amide bonds. The Kier molecular flexibility index (Phi) is 7.85. The van der Waals surface area contributed by atoms with Gasteiger partial charge in [0.2, 0.25) is 13.6 Å². The molecule has 0 aliphatic heterocycles. The summed E-state index contributed by atoms with van der Waals surface area (Å²) >= 11 is 0. The molecular formula is C10H19O8P. The van der Waals surface area contributed by atoms with Crippen molar-refractivity contribution in [1.82, 2.24) is 0 Å². The Morgan fingerprint density at radius 1 is 0.947 bits per heavy atom. The normalized spacial score (nSPS) is 11.7. The van der Waals surface area contributed by atoms with Crippen LogP contribution in [0.2, 0.25) is 0 Å². The van der Waals surface area contributed by atoms with Crippen molar-refractivity contribution in [2.45, 2.75) is 27.7 Å². The molecule has 0 aliphatic rings. The molecule has 112 valence electrons. The fraction of sp³-hybridized carbons (Fsp3) is 0.800. The van der Waals surface area contributed by atoms with E-state index in [1.54, 1.807) is 27.7 Å². The molecule has 0 rings (SSSR count). The maximum Gasteiger partial charge on any atom is 0.478 e. The molecule has 0 saturated heterocycles. The Morgan fingerprint density at radius 3 is 1.53 bits per heavy atom. The number of hydrogen-bond donors (Lipinski definition) is 1. The number of hydrogen-bond acceptors (Lipinski definition) is 7. The third-order valence-corrected chi connectivity index (χ3v) is 2.64. The van der Waals surface area contributed by atoms with Crippen LogP contribution in [0, 0.1) is 11.8 Å². The van der Waals surface area contributed by atoms with E-state index in [9.17, 15) is 14.2 Å². The van der Waals surface area contributed by atoms with Crippen LogP contribution in [0.1, 0.15) is 27.7 Å². The van der Waals surface area contributed by atoms with E-state index in [1.807, 2.05) is 0 Å². The first kappa shape index (κ1) is 18.0. The van der Waals surface area contributed by atoms with E-state index < -0.39 is 33.3 Å². The Balaban J connectivity index is 3.90. The average molecular weight is 298 g/mol. The van der Waals surface area contributed by atoms with E-state index in [0.717, 1.165) is 0 Å². The van der Waals surface area contributed by atoms with Gasteiger partial charge >= 0.3 is 19.8 Å². The van der Waals surface area contributed by atoms with Gasteiger partial charge in [-0.25, -0.2) is 13.6 Å². The summed E-state index contributed by atoms with van der Waals surface area (Å²) in [7, 11) is -4.42. The van der Waals surface area contributed by atoms with Crippen molar-refractivity contribution >= 4 is 19.8 Å². The van der Waals surface area contributed by atoms with Crippen LogP contribution < -0.4 is 0 Å². The molecule has 0 aromatic rings. The van der Waals surface area contributed by atoms with Crippen LogP contribution in [0.4, 0.5) is 0 Å². The van der Waals surface area contributed by atoms with Gasteiger partial charge in [-0.1, -0.05) is 27.7 Å². The van der Waals surface area contributed by atoms with E-state index in [0.29, 0.717) is 0 Å². The van der Waals surface area contributed by atoms with Crippen molar-refractivity contribution in [2.75, 3.05) is 13.6 Å². The maximum atomic E-state index is 11.2. The van der Waals surface area contributed by atoms with Crippen LogP contribution >= 0.6 is 7.82 Å². The van der Waals surface area contributed by atoms with Crippen molar-refractivity contribution < 1.29 is 37.6 Å². The second-order valence-electron chi connectivity index (χ2n) is 4.20. The summed E-state index contributed by atoms with van der Waals surface area (Å²) < 4.78 is 29.0. The smallest absolute Gasteiger partial charge is 0.438 e. The van der Waals surface area contributed by atoms with Crippen molar-refractivity contribution in [1.29, 1.82) is 0 Å². The molecule has 0 spiro atoms. The van der Waals surface area contributed by atoms with E-state index in [-0.39, 0.29) is 11.8 Å². The number of ether oxygens (including phenoxy) is 2. The highest BCUT2D eigenvalue weighted by Crippen LogP contribution is 2.42. The molecule has 0 unspecified atom stereocenters. The molecule has 0 aliphatic carbocycles. The first-order valence-corrected chi connectivity index (χ1v) is 7.10. The van der Waals surface area contributed by atoms with Crippen molar-refractivity contribution in [3.05, 3.63) is 0 Å². The van der Waals surface area contributed by atoms with Gasteiger partial charge < -0.3 is 14.4 Å². The number of carbonyl (C=O) groups excluding carboxylic acids is 2. The molecule has 19 heavy (non-hydrogen) atoms. The van der Waals surface area contributed by atoms with Crippen LogP contribution in [0.5, 0.6) is 0 Å². The molecule has 0 atom stereocenters. The van der Waals surface area contributed by atoms with Crippen LogP contribution in [-0.2, 0) is 32.7 Å². The van der Waals surface area contributed by atoms with Crippen LogP contribution in [-0.4, -0.2) is 30.4 Å². The molecular weight excluding hydrogens is 279 g/mol. The minimum Gasteiger partial charge on any atom is -0.438 e. The summed E-state index contributed by atoms with van der Waals surface area (Å²) in [6.45, 7) is 4.96. The van der Waals surface area contributed by atoms with Gasteiger partial charge in [0.05, 0.1) is 11.8 Å². The summed E-state index contributed by atoms with van der Waals surface area (Å²) in [5.74, 6) is -1.92. The molecule has 0 fully saturated rings. The molecule has 0 heterocycles. The lowest BCUT2D eigenvalue weighted by Gasteiger charge is -2.13. The molecule has 0 aromatic heterocycles. The number of esters is 2. The first-order valence-electron chi connectivity index (χ1n) is 5.61. The summed E-state index contributed by atoms with van der Waals surface area (Å²) in [6.07, 6.45) is 0. The highest BCUT2D eigenvalue weighted by Gasteiger charge is 2.23. The zero-order valence-electron chi connectivity index (χ0n) is 11.3. The molecule has 0 bridgehead atoms. The average Bonchev–Trinajstić information content (AvgIpc) is 2.27. The lowest BCUT2D eigenvalue weighted by Crippen LogP contribution is -2.15. The third-order valence-electron chi connectivity index (χ3n) is 1.78. The van der Waals surface area contributed by atoms with Crippen molar-refractivity contribution in [2.24, 2.45) is 11.8 Å². The summed E-state index contributed by atoms with van der Waals surface area (Å²) in [6, 6.07) is 0.